The lowest BCUT2D eigenvalue weighted by atomic mass is 10.3. The highest BCUT2D eigenvalue weighted by molar-refractivity contribution is 5.52. The minimum Gasteiger partial charge on any atom is -0.504 e. The minimum atomic E-state index is -0.229. The molecule has 1 aromatic carbocycles. The predicted octanol–water partition coefficient (Wildman–Crippen LogP) is 1.11. The number of aromatic hydroxyl groups is 2. The van der Waals surface area contributed by atoms with Gasteiger partial charge in [0.05, 0.1) is 14.2 Å². The van der Waals surface area contributed by atoms with Gasteiger partial charge in [0.2, 0.25) is 0 Å². The molecule has 0 aromatic heterocycles. The van der Waals surface area contributed by atoms with Gasteiger partial charge in [-0.3, -0.25) is 0 Å². The van der Waals surface area contributed by atoms with E-state index < -0.39 is 0 Å². The number of phenolic OH excluding ortho intramolecular Hbond substituents is 2. The molecule has 0 heterocycles. The number of methoxy groups -OCH3 is 2. The maximum Gasteiger partial charge on any atom is 0.164 e. The van der Waals surface area contributed by atoms with Crippen LogP contribution >= 0.6 is 0 Å². The van der Waals surface area contributed by atoms with Gasteiger partial charge in [0.1, 0.15) is 0 Å². The maximum absolute atomic E-state index is 9.07. The van der Waals surface area contributed by atoms with Crippen molar-refractivity contribution in [1.82, 2.24) is 0 Å². The number of rotatable bonds is 2. The van der Waals surface area contributed by atoms with Crippen LogP contribution in [0.15, 0.2) is 12.1 Å². The molecule has 0 amide bonds. The van der Waals surface area contributed by atoms with E-state index in [1.165, 1.54) is 26.4 Å². The Labute approximate surface area is 70.0 Å². The van der Waals surface area contributed by atoms with Crippen LogP contribution in [-0.2, 0) is 0 Å². The molecule has 0 aliphatic heterocycles. The van der Waals surface area contributed by atoms with E-state index in [1.54, 1.807) is 0 Å². The van der Waals surface area contributed by atoms with Gasteiger partial charge in [-0.05, 0) is 0 Å². The zero-order valence-electron chi connectivity index (χ0n) is 6.87. The van der Waals surface area contributed by atoms with Gasteiger partial charge in [-0.25, -0.2) is 0 Å². The van der Waals surface area contributed by atoms with E-state index in [4.69, 9.17) is 19.7 Å². The van der Waals surface area contributed by atoms with Gasteiger partial charge in [-0.2, -0.15) is 0 Å². The van der Waals surface area contributed by atoms with Crippen LogP contribution in [0, 0.1) is 0 Å². The Balaban J connectivity index is 3.19. The molecule has 0 saturated carbocycles. The van der Waals surface area contributed by atoms with E-state index >= 15 is 0 Å². The van der Waals surface area contributed by atoms with E-state index in [-0.39, 0.29) is 11.5 Å². The summed E-state index contributed by atoms with van der Waals surface area (Å²) in [6.45, 7) is 0. The second-order valence-corrected chi connectivity index (χ2v) is 2.20. The lowest BCUT2D eigenvalue weighted by Gasteiger charge is -2.08. The topological polar surface area (TPSA) is 58.9 Å². The van der Waals surface area contributed by atoms with Crippen molar-refractivity contribution in [2.45, 2.75) is 0 Å². The molecular weight excluding hydrogens is 160 g/mol. The van der Waals surface area contributed by atoms with Crippen molar-refractivity contribution in [1.29, 1.82) is 0 Å². The van der Waals surface area contributed by atoms with E-state index in [9.17, 15) is 0 Å². The molecule has 4 nitrogen and oxygen atoms in total. The fourth-order valence-electron chi connectivity index (χ4n) is 0.858. The fourth-order valence-corrected chi connectivity index (χ4v) is 0.858. The molecule has 0 bridgehead atoms. The average Bonchev–Trinajstić information content (AvgIpc) is 2.09. The third-order valence-corrected chi connectivity index (χ3v) is 1.48. The van der Waals surface area contributed by atoms with Gasteiger partial charge < -0.3 is 19.7 Å². The molecule has 0 unspecified atom stereocenters. The van der Waals surface area contributed by atoms with E-state index in [0.29, 0.717) is 11.5 Å². The van der Waals surface area contributed by atoms with Crippen LogP contribution in [-0.4, -0.2) is 24.4 Å². The molecule has 0 atom stereocenters. The maximum atomic E-state index is 9.07. The molecule has 4 heteroatoms. The zero-order chi connectivity index (χ0) is 9.14. The number of hydrogen-bond donors (Lipinski definition) is 2. The standard InChI is InChI=1S/C8H10O4/c1-11-7-3-5(9)6(10)4-8(7)12-2/h3-4,9-10H,1-2H3. The Kier molecular flexibility index (Phi) is 2.28. The van der Waals surface area contributed by atoms with Crippen molar-refractivity contribution in [3.05, 3.63) is 12.1 Å². The van der Waals surface area contributed by atoms with E-state index in [0.717, 1.165) is 0 Å². The second kappa shape index (κ2) is 3.21. The van der Waals surface area contributed by atoms with Gasteiger partial charge in [0, 0.05) is 12.1 Å². The quantitative estimate of drug-likeness (QED) is 0.653. The highest BCUT2D eigenvalue weighted by atomic mass is 16.5. The van der Waals surface area contributed by atoms with Crippen LogP contribution in [0.25, 0.3) is 0 Å². The van der Waals surface area contributed by atoms with Crippen molar-refractivity contribution in [3.63, 3.8) is 0 Å². The summed E-state index contributed by atoms with van der Waals surface area (Å²) in [6, 6.07) is 2.57. The summed E-state index contributed by atoms with van der Waals surface area (Å²) in [4.78, 5) is 0. The van der Waals surface area contributed by atoms with Crippen LogP contribution in [0.2, 0.25) is 0 Å². The summed E-state index contributed by atoms with van der Waals surface area (Å²) in [5, 5.41) is 18.1. The summed E-state index contributed by atoms with van der Waals surface area (Å²) >= 11 is 0. The molecule has 2 N–H and O–H groups in total. The van der Waals surface area contributed by atoms with Crippen LogP contribution in [0.3, 0.4) is 0 Å². The molecule has 1 aromatic rings. The minimum absolute atomic E-state index is 0.229. The largest absolute Gasteiger partial charge is 0.504 e. The van der Waals surface area contributed by atoms with Crippen molar-refractivity contribution < 1.29 is 19.7 Å². The van der Waals surface area contributed by atoms with Crippen molar-refractivity contribution in [3.8, 4) is 23.0 Å². The van der Waals surface area contributed by atoms with Crippen LogP contribution < -0.4 is 9.47 Å². The van der Waals surface area contributed by atoms with E-state index in [2.05, 4.69) is 0 Å². The molecule has 0 spiro atoms. The van der Waals surface area contributed by atoms with Gasteiger partial charge in [-0.15, -0.1) is 0 Å². The Morgan fingerprint density at radius 2 is 1.25 bits per heavy atom. The first-order valence-corrected chi connectivity index (χ1v) is 3.33. The summed E-state index contributed by atoms with van der Waals surface area (Å²) in [5.74, 6) is 0.306. The van der Waals surface area contributed by atoms with E-state index in [1.807, 2.05) is 0 Å². The molecule has 0 aliphatic carbocycles. The lowest BCUT2D eigenvalue weighted by Crippen LogP contribution is -1.89. The summed E-state index contributed by atoms with van der Waals surface area (Å²) in [5.41, 5.74) is 0. The normalized spacial score (nSPS) is 9.50. The molecule has 1 rings (SSSR count). The Hall–Kier alpha value is -1.58. The molecule has 0 saturated heterocycles. The van der Waals surface area contributed by atoms with Gasteiger partial charge in [0.15, 0.2) is 23.0 Å². The number of hydrogen-bond acceptors (Lipinski definition) is 4. The molecule has 0 radical (unpaired) electrons. The first-order valence-electron chi connectivity index (χ1n) is 3.33. The molecular formula is C8H10O4. The Morgan fingerprint density at radius 1 is 0.917 bits per heavy atom. The first-order chi connectivity index (χ1) is 5.69. The van der Waals surface area contributed by atoms with Crippen LogP contribution in [0.5, 0.6) is 23.0 Å². The SMILES string of the molecule is COc1cc(O)c(O)cc1OC. The van der Waals surface area contributed by atoms with Crippen LogP contribution in [0.4, 0.5) is 0 Å². The molecule has 66 valence electrons. The highest BCUT2D eigenvalue weighted by Gasteiger charge is 2.08. The summed E-state index contributed by atoms with van der Waals surface area (Å²) in [7, 11) is 2.91. The van der Waals surface area contributed by atoms with Gasteiger partial charge in [0.25, 0.3) is 0 Å². The monoisotopic (exact) mass is 170 g/mol. The second-order valence-electron chi connectivity index (χ2n) is 2.20. The van der Waals surface area contributed by atoms with Crippen LogP contribution in [0.1, 0.15) is 0 Å². The molecule has 12 heavy (non-hydrogen) atoms. The molecule has 0 fully saturated rings. The molecule has 0 aliphatic rings. The summed E-state index contributed by atoms with van der Waals surface area (Å²) < 4.78 is 9.75. The number of phenols is 2. The Bertz CT molecular complexity index is 254. The van der Waals surface area contributed by atoms with Crippen molar-refractivity contribution in [2.24, 2.45) is 0 Å². The van der Waals surface area contributed by atoms with Gasteiger partial charge >= 0.3 is 0 Å². The zero-order valence-corrected chi connectivity index (χ0v) is 6.87. The third-order valence-electron chi connectivity index (χ3n) is 1.48. The number of benzene rings is 1. The number of ether oxygens (including phenoxy) is 2. The summed E-state index contributed by atoms with van der Waals surface area (Å²) in [6.07, 6.45) is 0. The van der Waals surface area contributed by atoms with Gasteiger partial charge in [-0.1, -0.05) is 0 Å². The fraction of sp³-hybridized carbons (Fsp3) is 0.250. The predicted molar refractivity (Wildman–Crippen MR) is 42.9 cm³/mol. The lowest BCUT2D eigenvalue weighted by molar-refractivity contribution is 0.342. The van der Waals surface area contributed by atoms with Crippen molar-refractivity contribution in [2.75, 3.05) is 14.2 Å². The Morgan fingerprint density at radius 3 is 1.50 bits per heavy atom. The highest BCUT2D eigenvalue weighted by Crippen LogP contribution is 2.37. The first kappa shape index (κ1) is 8.52. The average molecular weight is 170 g/mol. The smallest absolute Gasteiger partial charge is 0.164 e. The van der Waals surface area contributed by atoms with Crippen molar-refractivity contribution >= 4 is 0 Å². The third kappa shape index (κ3) is 1.37.